The molecule has 0 spiro atoms. The quantitative estimate of drug-likeness (QED) is 0.921. The van der Waals surface area contributed by atoms with Crippen LogP contribution < -0.4 is 5.32 Å². The second-order valence-electron chi connectivity index (χ2n) is 5.16. The van der Waals surface area contributed by atoms with Gasteiger partial charge < -0.3 is 5.32 Å². The monoisotopic (exact) mass is 297 g/mol. The van der Waals surface area contributed by atoms with Crippen molar-refractivity contribution in [1.82, 2.24) is 19.6 Å². The summed E-state index contributed by atoms with van der Waals surface area (Å²) in [6.45, 7) is 12.2. The van der Waals surface area contributed by atoms with Crippen LogP contribution in [0.5, 0.6) is 0 Å². The molecule has 2 aromatic heterocycles. The molecular formula is C14H24ClN5. The molecule has 2 heterocycles. The lowest BCUT2D eigenvalue weighted by molar-refractivity contribution is 0.518. The van der Waals surface area contributed by atoms with E-state index in [2.05, 4.69) is 61.0 Å². The largest absolute Gasteiger partial charge is 0.364 e. The van der Waals surface area contributed by atoms with Crippen LogP contribution in [0.1, 0.15) is 43.6 Å². The fourth-order valence-corrected chi connectivity index (χ4v) is 2.19. The van der Waals surface area contributed by atoms with Gasteiger partial charge in [0.1, 0.15) is 0 Å². The van der Waals surface area contributed by atoms with Gasteiger partial charge in [-0.25, -0.2) is 0 Å². The van der Waals surface area contributed by atoms with Crippen molar-refractivity contribution in [2.24, 2.45) is 0 Å². The van der Waals surface area contributed by atoms with Crippen molar-refractivity contribution in [2.45, 2.75) is 53.8 Å². The Morgan fingerprint density at radius 2 is 2.00 bits per heavy atom. The first-order valence-electron chi connectivity index (χ1n) is 6.83. The first-order valence-corrected chi connectivity index (χ1v) is 6.83. The lowest BCUT2D eigenvalue weighted by Gasteiger charge is -2.09. The number of nitrogens with zero attached hydrogens (tertiary/aromatic N) is 4. The van der Waals surface area contributed by atoms with Gasteiger partial charge in [0.05, 0.1) is 6.20 Å². The molecule has 0 radical (unpaired) electrons. The van der Waals surface area contributed by atoms with Gasteiger partial charge in [0, 0.05) is 42.1 Å². The van der Waals surface area contributed by atoms with E-state index in [9.17, 15) is 0 Å². The van der Waals surface area contributed by atoms with Gasteiger partial charge >= 0.3 is 0 Å². The molecule has 112 valence electrons. The third-order valence-electron chi connectivity index (χ3n) is 3.35. The van der Waals surface area contributed by atoms with Crippen molar-refractivity contribution in [3.63, 3.8) is 0 Å². The highest BCUT2D eigenvalue weighted by atomic mass is 35.5. The number of anilines is 1. The van der Waals surface area contributed by atoms with E-state index in [4.69, 9.17) is 0 Å². The summed E-state index contributed by atoms with van der Waals surface area (Å²) in [6.07, 6.45) is 4.00. The molecule has 0 amide bonds. The Labute approximate surface area is 126 Å². The molecule has 0 saturated carbocycles. The lowest BCUT2D eigenvalue weighted by atomic mass is 10.2. The van der Waals surface area contributed by atoms with Gasteiger partial charge in [-0.05, 0) is 34.6 Å². The van der Waals surface area contributed by atoms with Gasteiger partial charge in [0.25, 0.3) is 0 Å². The minimum absolute atomic E-state index is 0. The molecule has 2 rings (SSSR count). The topological polar surface area (TPSA) is 47.7 Å². The number of hydrogen-bond donors (Lipinski definition) is 1. The Morgan fingerprint density at radius 1 is 1.30 bits per heavy atom. The SMILES string of the molecule is CCn1cc(C)c(NCc2cnn(C(C)C)c2C)n1.Cl. The fraction of sp³-hybridized carbons (Fsp3) is 0.571. The highest BCUT2D eigenvalue weighted by molar-refractivity contribution is 5.85. The molecule has 0 saturated heterocycles. The maximum absolute atomic E-state index is 4.49. The van der Waals surface area contributed by atoms with Crippen LogP contribution in [0.2, 0.25) is 0 Å². The fourth-order valence-electron chi connectivity index (χ4n) is 2.19. The van der Waals surface area contributed by atoms with Gasteiger partial charge in [-0.2, -0.15) is 10.2 Å². The van der Waals surface area contributed by atoms with Gasteiger partial charge in [-0.1, -0.05) is 0 Å². The number of halogens is 1. The highest BCUT2D eigenvalue weighted by Crippen LogP contribution is 2.16. The van der Waals surface area contributed by atoms with Gasteiger partial charge in [0.2, 0.25) is 0 Å². The van der Waals surface area contributed by atoms with Crippen LogP contribution in [0.3, 0.4) is 0 Å². The van der Waals surface area contributed by atoms with E-state index in [1.54, 1.807) is 0 Å². The Kier molecular flexibility index (Phi) is 5.62. The molecule has 0 aliphatic heterocycles. The average Bonchev–Trinajstić information content (AvgIpc) is 2.90. The summed E-state index contributed by atoms with van der Waals surface area (Å²) in [4.78, 5) is 0. The van der Waals surface area contributed by atoms with Crippen molar-refractivity contribution in [1.29, 1.82) is 0 Å². The number of aromatic nitrogens is 4. The molecule has 0 atom stereocenters. The summed E-state index contributed by atoms with van der Waals surface area (Å²) >= 11 is 0. The van der Waals surface area contributed by atoms with E-state index >= 15 is 0 Å². The van der Waals surface area contributed by atoms with Crippen molar-refractivity contribution in [3.05, 3.63) is 29.2 Å². The zero-order chi connectivity index (χ0) is 14.0. The van der Waals surface area contributed by atoms with Crippen molar-refractivity contribution >= 4 is 18.2 Å². The standard InChI is InChI=1S/C14H23N5.ClH/c1-6-18-9-11(4)14(17-18)15-7-13-8-16-19(10(2)3)12(13)5;/h8-10H,6-7H2,1-5H3,(H,15,17);1H. The smallest absolute Gasteiger partial charge is 0.151 e. The molecule has 6 heteroatoms. The summed E-state index contributed by atoms with van der Waals surface area (Å²) in [5.74, 6) is 0.957. The van der Waals surface area contributed by atoms with Crippen molar-refractivity contribution in [2.75, 3.05) is 5.32 Å². The Hall–Kier alpha value is -1.49. The van der Waals surface area contributed by atoms with E-state index in [-0.39, 0.29) is 12.4 Å². The number of hydrogen-bond acceptors (Lipinski definition) is 3. The Morgan fingerprint density at radius 3 is 2.50 bits per heavy atom. The van der Waals surface area contributed by atoms with E-state index in [1.165, 1.54) is 16.8 Å². The Bertz CT molecular complexity index is 556. The van der Waals surface area contributed by atoms with Crippen molar-refractivity contribution in [3.8, 4) is 0 Å². The summed E-state index contributed by atoms with van der Waals surface area (Å²) < 4.78 is 4.00. The third-order valence-corrected chi connectivity index (χ3v) is 3.35. The van der Waals surface area contributed by atoms with Crippen LogP contribution in [0.4, 0.5) is 5.82 Å². The molecular weight excluding hydrogens is 274 g/mol. The van der Waals surface area contributed by atoms with Crippen LogP contribution in [-0.4, -0.2) is 19.6 Å². The predicted molar refractivity (Wildman–Crippen MR) is 84.6 cm³/mol. The maximum Gasteiger partial charge on any atom is 0.151 e. The normalized spacial score (nSPS) is 10.7. The minimum Gasteiger partial charge on any atom is -0.364 e. The second kappa shape index (κ2) is 6.79. The molecule has 0 bridgehead atoms. The first-order chi connectivity index (χ1) is 9.02. The molecule has 0 unspecified atom stereocenters. The minimum atomic E-state index is 0. The zero-order valence-corrected chi connectivity index (χ0v) is 13.7. The predicted octanol–water partition coefficient (Wildman–Crippen LogP) is 3.33. The molecule has 1 N–H and O–H groups in total. The molecule has 0 aliphatic rings. The summed E-state index contributed by atoms with van der Waals surface area (Å²) in [6, 6.07) is 0.398. The van der Waals surface area contributed by atoms with Gasteiger partial charge in [-0.15, -0.1) is 12.4 Å². The summed E-state index contributed by atoms with van der Waals surface area (Å²) in [5.41, 5.74) is 3.62. The molecule has 5 nitrogen and oxygen atoms in total. The van der Waals surface area contributed by atoms with Gasteiger partial charge in [-0.3, -0.25) is 9.36 Å². The molecule has 20 heavy (non-hydrogen) atoms. The molecule has 0 fully saturated rings. The average molecular weight is 298 g/mol. The number of aryl methyl sites for hydroxylation is 2. The van der Waals surface area contributed by atoms with E-state index < -0.39 is 0 Å². The second-order valence-corrected chi connectivity index (χ2v) is 5.16. The van der Waals surface area contributed by atoms with Crippen LogP contribution in [0, 0.1) is 13.8 Å². The van der Waals surface area contributed by atoms with Gasteiger partial charge in [0.15, 0.2) is 5.82 Å². The first kappa shape index (κ1) is 16.6. The lowest BCUT2D eigenvalue weighted by Crippen LogP contribution is -2.07. The summed E-state index contributed by atoms with van der Waals surface area (Å²) in [5, 5.41) is 12.3. The number of rotatable bonds is 5. The maximum atomic E-state index is 4.49. The van der Waals surface area contributed by atoms with E-state index in [0.29, 0.717) is 6.04 Å². The van der Waals surface area contributed by atoms with Crippen LogP contribution in [0.15, 0.2) is 12.4 Å². The highest BCUT2D eigenvalue weighted by Gasteiger charge is 2.10. The van der Waals surface area contributed by atoms with E-state index in [0.717, 1.165) is 18.9 Å². The van der Waals surface area contributed by atoms with Crippen LogP contribution >= 0.6 is 12.4 Å². The van der Waals surface area contributed by atoms with Crippen molar-refractivity contribution < 1.29 is 0 Å². The zero-order valence-electron chi connectivity index (χ0n) is 12.8. The molecule has 0 aromatic carbocycles. The summed E-state index contributed by atoms with van der Waals surface area (Å²) in [7, 11) is 0. The third kappa shape index (κ3) is 3.33. The molecule has 2 aromatic rings. The van der Waals surface area contributed by atoms with E-state index in [1.807, 2.05) is 10.9 Å². The molecule has 0 aliphatic carbocycles. The Balaban J connectivity index is 0.00000200. The number of nitrogens with one attached hydrogen (secondary N) is 1. The van der Waals surface area contributed by atoms with Crippen LogP contribution in [-0.2, 0) is 13.1 Å². The van der Waals surface area contributed by atoms with Crippen LogP contribution in [0.25, 0.3) is 0 Å².